The minimum atomic E-state index is -0.00942. The van der Waals surface area contributed by atoms with Crippen molar-refractivity contribution in [3.8, 4) is 5.75 Å². The highest BCUT2D eigenvalue weighted by atomic mass is 35.5. The van der Waals surface area contributed by atoms with Gasteiger partial charge in [-0.15, -0.1) is 6.58 Å². The van der Waals surface area contributed by atoms with Crippen LogP contribution in [0.1, 0.15) is 51.1 Å². The maximum Gasteiger partial charge on any atom is 0.160 e. The van der Waals surface area contributed by atoms with Crippen molar-refractivity contribution < 1.29 is 9.47 Å². The number of anilines is 2. The van der Waals surface area contributed by atoms with Crippen LogP contribution >= 0.6 is 11.6 Å². The molecule has 0 radical (unpaired) electrons. The monoisotopic (exact) mass is 678 g/mol. The van der Waals surface area contributed by atoms with Crippen LogP contribution < -0.4 is 10.1 Å². The molecule has 5 rings (SSSR count). The van der Waals surface area contributed by atoms with Gasteiger partial charge in [-0.1, -0.05) is 55.1 Å². The lowest BCUT2D eigenvalue weighted by molar-refractivity contribution is -0.0562. The molecule has 2 aromatic rings. The SMILES string of the molecule is C=CCC(CC1CCN2CCOC[C@]2(C)CC1=C)=Nc1c(C=C)ncnc1Nc1ccc(OC2=C/C(=C/CC=NC)C(=C)CC=C2)c(Cl)c1. The lowest BCUT2D eigenvalue weighted by Crippen LogP contribution is -2.54. The third-order valence-electron chi connectivity index (χ3n) is 9.19. The van der Waals surface area contributed by atoms with Crippen molar-refractivity contribution in [2.75, 3.05) is 38.7 Å². The van der Waals surface area contributed by atoms with Crippen LogP contribution in [0.3, 0.4) is 0 Å². The van der Waals surface area contributed by atoms with E-state index >= 15 is 0 Å². The standard InChI is InChI=1S/C40H47ClN6O2/c1-7-11-32(22-31-17-19-47-20-21-48-26-40(47,5)25-29(31)4)45-38-36(8-2)43-27-44-39(38)46-33-15-16-37(35(41)24-33)49-34-14-9-12-28(3)30(23-34)13-10-18-42-6/h7-9,13-16,18,23-24,27,31H,1-4,10-12,17,19-22,25-26H2,5-6H3,(H,43,44,46)/b30-13-,42-18?,45-32?/t31?,40-/m0/s1. The van der Waals surface area contributed by atoms with Crippen molar-refractivity contribution in [3.05, 3.63) is 114 Å². The third-order valence-corrected chi connectivity index (χ3v) is 9.49. The predicted molar refractivity (Wildman–Crippen MR) is 205 cm³/mol. The molecule has 1 N–H and O–H groups in total. The van der Waals surface area contributed by atoms with Crippen LogP contribution in [-0.4, -0.2) is 65.7 Å². The van der Waals surface area contributed by atoms with Gasteiger partial charge in [-0.25, -0.2) is 9.97 Å². The summed E-state index contributed by atoms with van der Waals surface area (Å²) < 4.78 is 12.1. The van der Waals surface area contributed by atoms with Crippen LogP contribution in [0, 0.1) is 5.92 Å². The van der Waals surface area contributed by atoms with Gasteiger partial charge >= 0.3 is 0 Å². The van der Waals surface area contributed by atoms with E-state index in [1.54, 1.807) is 13.1 Å². The van der Waals surface area contributed by atoms with Gasteiger partial charge in [-0.2, -0.15) is 0 Å². The zero-order valence-corrected chi connectivity index (χ0v) is 29.5. The molecule has 2 fully saturated rings. The Kier molecular flexibility index (Phi) is 12.3. The molecule has 1 aromatic heterocycles. The number of nitrogens with zero attached hydrogens (tertiary/aromatic N) is 5. The second kappa shape index (κ2) is 16.8. The Hall–Kier alpha value is -4.37. The predicted octanol–water partition coefficient (Wildman–Crippen LogP) is 9.41. The number of allylic oxidation sites excluding steroid dienone is 7. The molecule has 9 heteroatoms. The average molecular weight is 679 g/mol. The highest BCUT2D eigenvalue weighted by molar-refractivity contribution is 6.32. The maximum atomic E-state index is 6.76. The molecule has 3 aliphatic rings. The molecule has 1 unspecified atom stereocenters. The molecule has 0 amide bonds. The molecule has 3 heterocycles. The first kappa shape index (κ1) is 35.9. The van der Waals surface area contributed by atoms with Crippen LogP contribution in [0.5, 0.6) is 5.75 Å². The lowest BCUT2D eigenvalue weighted by Gasteiger charge is -2.43. The summed E-state index contributed by atoms with van der Waals surface area (Å²) in [6.45, 7) is 22.5. The largest absolute Gasteiger partial charge is 0.456 e. The third kappa shape index (κ3) is 9.21. The van der Waals surface area contributed by atoms with Gasteiger partial charge < -0.3 is 19.8 Å². The Bertz CT molecular complexity index is 1740. The normalized spacial score (nSPS) is 22.8. The highest BCUT2D eigenvalue weighted by Gasteiger charge is 2.39. The van der Waals surface area contributed by atoms with E-state index in [0.717, 1.165) is 81.0 Å². The van der Waals surface area contributed by atoms with E-state index in [1.807, 2.05) is 48.7 Å². The van der Waals surface area contributed by atoms with Crippen LogP contribution in [-0.2, 0) is 4.74 Å². The zero-order valence-electron chi connectivity index (χ0n) is 28.8. The van der Waals surface area contributed by atoms with E-state index in [-0.39, 0.29) is 5.54 Å². The van der Waals surface area contributed by atoms with Gasteiger partial charge in [-0.05, 0) is 92.6 Å². The Balaban J connectivity index is 1.36. The fourth-order valence-corrected chi connectivity index (χ4v) is 6.73. The van der Waals surface area contributed by atoms with Crippen molar-refractivity contribution in [3.63, 3.8) is 0 Å². The number of nitrogens with one attached hydrogen (secondary N) is 1. The van der Waals surface area contributed by atoms with E-state index in [0.29, 0.717) is 46.1 Å². The summed E-state index contributed by atoms with van der Waals surface area (Å²) in [6.07, 6.45) is 19.8. The summed E-state index contributed by atoms with van der Waals surface area (Å²) >= 11 is 6.76. The smallest absolute Gasteiger partial charge is 0.160 e. The van der Waals surface area contributed by atoms with Crippen LogP contribution in [0.4, 0.5) is 17.2 Å². The quantitative estimate of drug-likeness (QED) is 0.178. The van der Waals surface area contributed by atoms with Crippen molar-refractivity contribution in [1.29, 1.82) is 0 Å². The summed E-state index contributed by atoms with van der Waals surface area (Å²) in [5.41, 5.74) is 6.24. The van der Waals surface area contributed by atoms with Gasteiger partial charge in [0.15, 0.2) is 5.82 Å². The number of fused-ring (bicyclic) bond motifs is 1. The van der Waals surface area contributed by atoms with E-state index in [1.165, 1.54) is 11.9 Å². The number of aliphatic imine (C=N–C) groups is 2. The second-order valence-electron chi connectivity index (χ2n) is 12.9. The molecule has 256 valence electrons. The fraction of sp³-hybridized carbons (Fsp3) is 0.350. The molecule has 2 aliphatic heterocycles. The van der Waals surface area contributed by atoms with E-state index < -0.39 is 0 Å². The summed E-state index contributed by atoms with van der Waals surface area (Å²) in [5, 5.41) is 3.86. The Morgan fingerprint density at radius 1 is 1.24 bits per heavy atom. The van der Waals surface area contributed by atoms with Gasteiger partial charge in [0.2, 0.25) is 0 Å². The first-order chi connectivity index (χ1) is 23.7. The molecule has 1 aromatic carbocycles. The highest BCUT2D eigenvalue weighted by Crippen LogP contribution is 2.38. The zero-order chi connectivity index (χ0) is 34.8. The molecule has 2 atom stereocenters. The molecule has 0 spiro atoms. The molecule has 0 bridgehead atoms. The topological polar surface area (TPSA) is 84.2 Å². The molecule has 2 saturated heterocycles. The number of hydrogen-bond donors (Lipinski definition) is 1. The second-order valence-corrected chi connectivity index (χ2v) is 13.3. The Labute approximate surface area is 296 Å². The van der Waals surface area contributed by atoms with E-state index in [4.69, 9.17) is 26.1 Å². The van der Waals surface area contributed by atoms with Gasteiger partial charge in [0.05, 0.1) is 23.9 Å². The molecule has 8 nitrogen and oxygen atoms in total. The molecule has 1 aliphatic carbocycles. The Morgan fingerprint density at radius 2 is 2.10 bits per heavy atom. The van der Waals surface area contributed by atoms with Crippen molar-refractivity contribution >= 4 is 46.8 Å². The molecule has 49 heavy (non-hydrogen) atoms. The van der Waals surface area contributed by atoms with Crippen molar-refractivity contribution in [2.45, 2.75) is 51.0 Å². The Morgan fingerprint density at radius 3 is 2.88 bits per heavy atom. The number of ether oxygens (including phenoxy) is 2. The van der Waals surface area contributed by atoms with Gasteiger partial charge in [0.25, 0.3) is 0 Å². The van der Waals surface area contributed by atoms with Gasteiger partial charge in [-0.3, -0.25) is 9.89 Å². The van der Waals surface area contributed by atoms with Gasteiger partial charge in [0, 0.05) is 49.6 Å². The van der Waals surface area contributed by atoms with Crippen LogP contribution in [0.15, 0.2) is 114 Å². The molecule has 0 saturated carbocycles. The van der Waals surface area contributed by atoms with Crippen LogP contribution in [0.25, 0.3) is 6.08 Å². The molecular formula is C40H47ClN6O2. The number of rotatable bonds is 12. The van der Waals surface area contributed by atoms with Gasteiger partial charge in [0.1, 0.15) is 23.5 Å². The minimum Gasteiger partial charge on any atom is -0.456 e. The molecular weight excluding hydrogens is 632 g/mol. The van der Waals surface area contributed by atoms with E-state index in [9.17, 15) is 0 Å². The summed E-state index contributed by atoms with van der Waals surface area (Å²) in [6, 6.07) is 5.55. The van der Waals surface area contributed by atoms with E-state index in [2.05, 4.69) is 64.5 Å². The fourth-order valence-electron chi connectivity index (χ4n) is 6.51. The summed E-state index contributed by atoms with van der Waals surface area (Å²) in [4.78, 5) is 20.8. The number of benzene rings is 1. The number of aromatic nitrogens is 2. The number of morpholine rings is 1. The summed E-state index contributed by atoms with van der Waals surface area (Å²) in [7, 11) is 1.76. The van der Waals surface area contributed by atoms with Crippen molar-refractivity contribution in [2.24, 2.45) is 15.9 Å². The average Bonchev–Trinajstić information content (AvgIpc) is 3.33. The minimum absolute atomic E-state index is 0.00942. The first-order valence-electron chi connectivity index (χ1n) is 16.8. The van der Waals surface area contributed by atoms with Crippen LogP contribution in [0.2, 0.25) is 5.02 Å². The number of halogens is 1. The number of hydrogen-bond acceptors (Lipinski definition) is 8. The maximum absolute atomic E-state index is 6.76. The first-order valence-corrected chi connectivity index (χ1v) is 17.2. The van der Waals surface area contributed by atoms with Crippen molar-refractivity contribution in [1.82, 2.24) is 14.9 Å². The lowest BCUT2D eigenvalue weighted by atomic mass is 9.84. The summed E-state index contributed by atoms with van der Waals surface area (Å²) in [5.74, 6) is 2.06.